The molecular formula is C19H22N4OS. The van der Waals surface area contributed by atoms with Crippen LogP contribution in [0.25, 0.3) is 4.96 Å². The van der Waals surface area contributed by atoms with Gasteiger partial charge in [-0.15, -0.1) is 11.3 Å². The molecule has 1 saturated heterocycles. The van der Waals surface area contributed by atoms with Crippen molar-refractivity contribution >= 4 is 22.2 Å². The number of amides is 1. The van der Waals surface area contributed by atoms with E-state index < -0.39 is 0 Å². The highest BCUT2D eigenvalue weighted by Crippen LogP contribution is 2.14. The Labute approximate surface area is 151 Å². The summed E-state index contributed by atoms with van der Waals surface area (Å²) in [5.74, 6) is 0.00639. The fraction of sp³-hybridized carbons (Fsp3) is 0.368. The summed E-state index contributed by atoms with van der Waals surface area (Å²) in [7, 11) is 0. The Bertz CT molecular complexity index is 817. The summed E-state index contributed by atoms with van der Waals surface area (Å²) in [6, 6.07) is 8.56. The number of nitrogens with one attached hydrogen (secondary N) is 1. The molecule has 25 heavy (non-hydrogen) atoms. The van der Waals surface area contributed by atoms with Gasteiger partial charge >= 0.3 is 0 Å². The van der Waals surface area contributed by atoms with Crippen LogP contribution in [0.3, 0.4) is 0 Å². The molecule has 4 rings (SSSR count). The number of thiazole rings is 1. The van der Waals surface area contributed by atoms with Crippen molar-refractivity contribution in [2.24, 2.45) is 0 Å². The molecule has 5 nitrogen and oxygen atoms in total. The lowest BCUT2D eigenvalue weighted by molar-refractivity contribution is -0.120. The van der Waals surface area contributed by atoms with E-state index in [0.29, 0.717) is 13.0 Å². The zero-order chi connectivity index (χ0) is 17.1. The number of imidazole rings is 1. The van der Waals surface area contributed by atoms with Crippen molar-refractivity contribution < 1.29 is 4.79 Å². The summed E-state index contributed by atoms with van der Waals surface area (Å²) in [4.78, 5) is 20.0. The second-order valence-corrected chi connectivity index (χ2v) is 7.45. The number of nitrogens with zero attached hydrogens (tertiary/aromatic N) is 3. The smallest absolute Gasteiger partial charge is 0.226 e. The predicted molar refractivity (Wildman–Crippen MR) is 99.6 cm³/mol. The summed E-state index contributed by atoms with van der Waals surface area (Å²) in [5.41, 5.74) is 3.28. The average molecular weight is 354 g/mol. The minimum Gasteiger partial charge on any atom is -0.352 e. The van der Waals surface area contributed by atoms with Crippen LogP contribution in [-0.2, 0) is 24.3 Å². The maximum atomic E-state index is 12.1. The Balaban J connectivity index is 1.27. The van der Waals surface area contributed by atoms with Crippen LogP contribution in [0.15, 0.2) is 42.0 Å². The van der Waals surface area contributed by atoms with Gasteiger partial charge in [-0.3, -0.25) is 14.1 Å². The van der Waals surface area contributed by atoms with E-state index in [0.717, 1.165) is 22.8 Å². The van der Waals surface area contributed by atoms with E-state index in [1.54, 1.807) is 11.3 Å². The lowest BCUT2D eigenvalue weighted by Crippen LogP contribution is -2.24. The van der Waals surface area contributed by atoms with Gasteiger partial charge in [0.1, 0.15) is 0 Å². The van der Waals surface area contributed by atoms with E-state index in [4.69, 9.17) is 0 Å². The molecule has 1 aliphatic heterocycles. The number of fused-ring (bicyclic) bond motifs is 1. The second-order valence-electron chi connectivity index (χ2n) is 6.58. The summed E-state index contributed by atoms with van der Waals surface area (Å²) in [6.07, 6.45) is 6.83. The van der Waals surface area contributed by atoms with Gasteiger partial charge in [0, 0.05) is 30.9 Å². The third-order valence-corrected chi connectivity index (χ3v) is 5.37. The van der Waals surface area contributed by atoms with Crippen LogP contribution < -0.4 is 5.32 Å². The third-order valence-electron chi connectivity index (χ3n) is 4.60. The first-order chi connectivity index (χ1) is 12.3. The zero-order valence-electron chi connectivity index (χ0n) is 14.1. The van der Waals surface area contributed by atoms with Crippen LogP contribution >= 0.6 is 11.3 Å². The van der Waals surface area contributed by atoms with E-state index in [2.05, 4.69) is 39.5 Å². The Hall–Kier alpha value is -2.18. The Morgan fingerprint density at radius 3 is 2.68 bits per heavy atom. The standard InChI is InChI=1S/C19H22N4OS/c24-18(11-17-14-23-9-10-25-19(23)21-17)20-12-15-3-5-16(6-4-15)13-22-7-1-2-8-22/h3-6,9-10,14H,1-2,7-8,11-13H2,(H,20,24). The third kappa shape index (κ3) is 4.08. The maximum Gasteiger partial charge on any atom is 0.226 e. The maximum absolute atomic E-state index is 12.1. The van der Waals surface area contributed by atoms with Crippen molar-refractivity contribution in [1.82, 2.24) is 19.6 Å². The summed E-state index contributed by atoms with van der Waals surface area (Å²) < 4.78 is 1.95. The number of hydrogen-bond donors (Lipinski definition) is 1. The van der Waals surface area contributed by atoms with E-state index in [9.17, 15) is 4.79 Å². The van der Waals surface area contributed by atoms with Gasteiger partial charge in [0.25, 0.3) is 0 Å². The molecular weight excluding hydrogens is 332 g/mol. The number of hydrogen-bond acceptors (Lipinski definition) is 4. The normalized spacial score (nSPS) is 15.0. The van der Waals surface area contributed by atoms with Gasteiger partial charge < -0.3 is 5.32 Å². The molecule has 130 valence electrons. The van der Waals surface area contributed by atoms with Crippen LogP contribution in [0.2, 0.25) is 0 Å². The molecule has 0 bridgehead atoms. The monoisotopic (exact) mass is 354 g/mol. The van der Waals surface area contributed by atoms with E-state index in [1.165, 1.54) is 31.5 Å². The van der Waals surface area contributed by atoms with Crippen LogP contribution in [0.5, 0.6) is 0 Å². The summed E-state index contributed by atoms with van der Waals surface area (Å²) in [5, 5.41) is 4.97. The highest BCUT2D eigenvalue weighted by atomic mass is 32.1. The molecule has 0 radical (unpaired) electrons. The van der Waals surface area contributed by atoms with Gasteiger partial charge in [0.2, 0.25) is 5.91 Å². The molecule has 1 aromatic carbocycles. The molecule has 1 amide bonds. The molecule has 3 heterocycles. The molecule has 0 spiro atoms. The zero-order valence-corrected chi connectivity index (χ0v) is 15.0. The van der Waals surface area contributed by atoms with Crippen molar-refractivity contribution in [1.29, 1.82) is 0 Å². The Morgan fingerprint density at radius 1 is 1.16 bits per heavy atom. The number of likely N-dealkylation sites (tertiary alicyclic amines) is 1. The Kier molecular flexibility index (Phi) is 4.81. The van der Waals surface area contributed by atoms with Gasteiger partial charge in [0.05, 0.1) is 12.1 Å². The lowest BCUT2D eigenvalue weighted by Gasteiger charge is -2.14. The highest BCUT2D eigenvalue weighted by molar-refractivity contribution is 7.15. The SMILES string of the molecule is O=C(Cc1cn2ccsc2n1)NCc1ccc(CN2CCCC2)cc1. The van der Waals surface area contributed by atoms with Gasteiger partial charge in [-0.1, -0.05) is 24.3 Å². The van der Waals surface area contributed by atoms with Crippen molar-refractivity contribution in [2.45, 2.75) is 32.4 Å². The highest BCUT2D eigenvalue weighted by Gasteiger charge is 2.12. The van der Waals surface area contributed by atoms with Crippen LogP contribution in [0.4, 0.5) is 0 Å². The number of rotatable bonds is 6. The number of carbonyl (C=O) groups is 1. The molecule has 6 heteroatoms. The molecule has 0 aliphatic carbocycles. The molecule has 0 unspecified atom stereocenters. The molecule has 3 aromatic rings. The van der Waals surface area contributed by atoms with Crippen molar-refractivity contribution in [2.75, 3.05) is 13.1 Å². The van der Waals surface area contributed by atoms with Crippen molar-refractivity contribution in [3.8, 4) is 0 Å². The minimum atomic E-state index is 0.00639. The first-order valence-electron chi connectivity index (χ1n) is 8.74. The average Bonchev–Trinajstić information content (AvgIpc) is 3.32. The molecule has 0 atom stereocenters. The first kappa shape index (κ1) is 16.3. The summed E-state index contributed by atoms with van der Waals surface area (Å²) >= 11 is 1.57. The largest absolute Gasteiger partial charge is 0.352 e. The number of benzene rings is 1. The van der Waals surface area contributed by atoms with Gasteiger partial charge in [0.15, 0.2) is 4.96 Å². The van der Waals surface area contributed by atoms with Crippen LogP contribution in [0, 0.1) is 0 Å². The van der Waals surface area contributed by atoms with E-state index in [-0.39, 0.29) is 5.91 Å². The molecule has 1 N–H and O–H groups in total. The van der Waals surface area contributed by atoms with Crippen molar-refractivity contribution in [3.05, 3.63) is 58.9 Å². The molecule has 0 saturated carbocycles. The van der Waals surface area contributed by atoms with E-state index in [1.807, 2.05) is 22.2 Å². The topological polar surface area (TPSA) is 49.6 Å². The van der Waals surface area contributed by atoms with Gasteiger partial charge in [-0.2, -0.15) is 0 Å². The number of aromatic nitrogens is 2. The van der Waals surface area contributed by atoms with Crippen LogP contribution in [0.1, 0.15) is 29.7 Å². The van der Waals surface area contributed by atoms with Gasteiger partial charge in [-0.25, -0.2) is 4.98 Å². The van der Waals surface area contributed by atoms with Gasteiger partial charge in [-0.05, 0) is 37.1 Å². The molecule has 1 aliphatic rings. The summed E-state index contributed by atoms with van der Waals surface area (Å²) in [6.45, 7) is 4.02. The number of carbonyl (C=O) groups excluding carboxylic acids is 1. The predicted octanol–water partition coefficient (Wildman–Crippen LogP) is 2.85. The second kappa shape index (κ2) is 7.37. The fourth-order valence-electron chi connectivity index (χ4n) is 3.25. The van der Waals surface area contributed by atoms with Crippen LogP contribution in [-0.4, -0.2) is 33.3 Å². The fourth-order valence-corrected chi connectivity index (χ4v) is 3.97. The minimum absolute atomic E-state index is 0.00639. The van der Waals surface area contributed by atoms with Crippen molar-refractivity contribution in [3.63, 3.8) is 0 Å². The van der Waals surface area contributed by atoms with E-state index >= 15 is 0 Å². The first-order valence-corrected chi connectivity index (χ1v) is 9.62. The lowest BCUT2D eigenvalue weighted by atomic mass is 10.1. The molecule has 2 aromatic heterocycles. The molecule has 1 fully saturated rings. The quantitative estimate of drug-likeness (QED) is 0.740. The Morgan fingerprint density at radius 2 is 1.92 bits per heavy atom.